The molecule has 5 amide bonds. The fraction of sp³-hybridized carbons (Fsp3) is 0.265. The number of hydrogen-bond donors (Lipinski definition) is 3. The molecule has 4 heterocycles. The zero-order chi connectivity index (χ0) is 33.4. The van der Waals surface area contributed by atoms with E-state index in [4.69, 9.17) is 10.5 Å². The maximum absolute atomic E-state index is 14.4. The predicted molar refractivity (Wildman–Crippen MR) is 180 cm³/mol. The zero-order valence-electron chi connectivity index (χ0n) is 26.0. The summed E-state index contributed by atoms with van der Waals surface area (Å²) in [6.07, 6.45) is 1.15. The van der Waals surface area contributed by atoms with Gasteiger partial charge in [-0.2, -0.15) is 5.01 Å². The van der Waals surface area contributed by atoms with Gasteiger partial charge >= 0.3 is 6.03 Å². The van der Waals surface area contributed by atoms with Crippen LogP contribution in [0.15, 0.2) is 79.4 Å². The minimum absolute atomic E-state index is 0.0697. The van der Waals surface area contributed by atoms with Crippen molar-refractivity contribution in [3.05, 3.63) is 96.1 Å². The number of nitrogen functional groups attached to an aromatic ring is 1. The number of piperazine rings is 1. The van der Waals surface area contributed by atoms with Crippen molar-refractivity contribution in [2.75, 3.05) is 37.3 Å². The number of nitrogens with zero attached hydrogens (tertiary/aromatic N) is 5. The molecule has 3 aromatic carbocycles. The third kappa shape index (κ3) is 6.02. The van der Waals surface area contributed by atoms with E-state index in [0.29, 0.717) is 23.1 Å². The highest BCUT2D eigenvalue weighted by Crippen LogP contribution is 2.34. The number of hydrogen-bond acceptors (Lipinski definition) is 9. The second-order valence-corrected chi connectivity index (χ2v) is 12.9. The number of amides is 5. The van der Waals surface area contributed by atoms with Gasteiger partial charge in [0.05, 0.1) is 35.5 Å². The summed E-state index contributed by atoms with van der Waals surface area (Å²) in [6, 6.07) is 19.4. The Kier molecular flexibility index (Phi) is 8.41. The number of carbonyl (C=O) groups excluding carboxylic acids is 4. The second kappa shape index (κ2) is 13.0. The van der Waals surface area contributed by atoms with Gasteiger partial charge in [0, 0.05) is 19.5 Å². The number of ether oxygens (including phenoxy) is 1. The van der Waals surface area contributed by atoms with E-state index in [1.165, 1.54) is 16.3 Å². The topological polar surface area (TPSA) is 153 Å². The van der Waals surface area contributed by atoms with Crippen LogP contribution in [0, 0.1) is 0 Å². The van der Waals surface area contributed by atoms with Crippen molar-refractivity contribution in [1.29, 1.82) is 0 Å². The van der Waals surface area contributed by atoms with Crippen molar-refractivity contribution in [2.24, 2.45) is 0 Å². The van der Waals surface area contributed by atoms with E-state index >= 15 is 0 Å². The fourth-order valence-electron chi connectivity index (χ4n) is 6.52. The van der Waals surface area contributed by atoms with Gasteiger partial charge < -0.3 is 30.9 Å². The van der Waals surface area contributed by atoms with Crippen LogP contribution in [0.25, 0.3) is 10.2 Å². The Bertz CT molecular complexity index is 1920. The van der Waals surface area contributed by atoms with Crippen LogP contribution in [0.4, 0.5) is 15.6 Å². The number of nitrogens with two attached hydrogens (primary N) is 1. The highest BCUT2D eigenvalue weighted by atomic mass is 32.1. The number of fused-ring (bicyclic) bond motifs is 3. The van der Waals surface area contributed by atoms with Gasteiger partial charge in [-0.3, -0.25) is 19.4 Å². The average molecular weight is 667 g/mol. The molecule has 4 aromatic rings. The molecule has 0 radical (unpaired) electrons. The van der Waals surface area contributed by atoms with Crippen LogP contribution < -0.4 is 21.1 Å². The summed E-state index contributed by atoms with van der Waals surface area (Å²) in [4.78, 5) is 61.7. The third-order valence-corrected chi connectivity index (χ3v) is 9.54. The highest BCUT2D eigenvalue weighted by molar-refractivity contribution is 7.22. The van der Waals surface area contributed by atoms with Gasteiger partial charge in [0.2, 0.25) is 11.8 Å². The van der Waals surface area contributed by atoms with Crippen molar-refractivity contribution in [2.45, 2.75) is 31.7 Å². The molecule has 14 heteroatoms. The lowest BCUT2D eigenvalue weighted by atomic mass is 9.99. The van der Waals surface area contributed by atoms with Gasteiger partial charge in [-0.15, -0.1) is 6.58 Å². The molecule has 13 nitrogen and oxygen atoms in total. The Morgan fingerprint density at radius 2 is 1.96 bits per heavy atom. The van der Waals surface area contributed by atoms with E-state index in [9.17, 15) is 19.2 Å². The van der Waals surface area contributed by atoms with E-state index in [-0.39, 0.29) is 63.0 Å². The van der Waals surface area contributed by atoms with Crippen LogP contribution in [0.2, 0.25) is 0 Å². The summed E-state index contributed by atoms with van der Waals surface area (Å²) in [5.74, 6) is -0.237. The first-order chi connectivity index (χ1) is 23.3. The number of thiazole rings is 1. The molecule has 0 bridgehead atoms. The maximum atomic E-state index is 14.4. The quantitative estimate of drug-likeness (QED) is 0.231. The Labute approximate surface area is 280 Å². The number of urea groups is 1. The molecule has 0 saturated carbocycles. The van der Waals surface area contributed by atoms with E-state index in [1.54, 1.807) is 33.0 Å². The molecular formula is C34H34N8O5S. The molecule has 3 aliphatic rings. The first kappa shape index (κ1) is 31.1. The van der Waals surface area contributed by atoms with Crippen LogP contribution in [0.5, 0.6) is 5.75 Å². The van der Waals surface area contributed by atoms with Gasteiger partial charge in [-0.05, 0) is 34.9 Å². The molecular weight excluding hydrogens is 632 g/mol. The Morgan fingerprint density at radius 1 is 1.12 bits per heavy atom. The standard InChI is InChI=1S/C34H34N8O5S/c1-2-13-40(34(46)36-16-21-7-4-3-5-8-21)41-19-30(44)42-25(15-22-11-12-26-24(14-22)37-28(43)20-47-26)32(45)39(18-29(41)42)17-23-9-6-10-27-31(23)38-33(35)48-27/h2-12,14,25,29H,1,13,15-20H2,(H2,35,38)(H,36,46)(H,37,43)/t25-,29+/m0/s1. The summed E-state index contributed by atoms with van der Waals surface area (Å²) in [5.41, 5.74) is 9.76. The van der Waals surface area contributed by atoms with Crippen LogP contribution in [-0.4, -0.2) is 87.0 Å². The Morgan fingerprint density at radius 3 is 2.77 bits per heavy atom. The number of rotatable bonds is 9. The lowest BCUT2D eigenvalue weighted by Crippen LogP contribution is -2.66. The van der Waals surface area contributed by atoms with E-state index < -0.39 is 12.2 Å². The molecule has 2 fully saturated rings. The largest absolute Gasteiger partial charge is 0.482 e. The lowest BCUT2D eigenvalue weighted by Gasteiger charge is -2.46. The minimum Gasteiger partial charge on any atom is -0.482 e. The number of anilines is 2. The van der Waals surface area contributed by atoms with Crippen molar-refractivity contribution in [3.63, 3.8) is 0 Å². The fourth-order valence-corrected chi connectivity index (χ4v) is 7.30. The molecule has 246 valence electrons. The van der Waals surface area contributed by atoms with E-state index in [2.05, 4.69) is 22.2 Å². The third-order valence-electron chi connectivity index (χ3n) is 8.69. The summed E-state index contributed by atoms with van der Waals surface area (Å²) >= 11 is 1.38. The Hall–Kier alpha value is -5.47. The van der Waals surface area contributed by atoms with Gasteiger partial charge in [0.1, 0.15) is 18.0 Å². The van der Waals surface area contributed by atoms with Crippen LogP contribution in [0.1, 0.15) is 16.7 Å². The molecule has 3 aliphatic heterocycles. The van der Waals surface area contributed by atoms with Crippen molar-refractivity contribution >= 4 is 56.1 Å². The minimum atomic E-state index is -0.878. The van der Waals surface area contributed by atoms with Gasteiger partial charge in [0.25, 0.3) is 5.91 Å². The first-order valence-corrected chi connectivity index (χ1v) is 16.4. The van der Waals surface area contributed by atoms with Crippen molar-refractivity contribution in [3.8, 4) is 5.75 Å². The van der Waals surface area contributed by atoms with Gasteiger partial charge in [-0.25, -0.2) is 9.78 Å². The molecule has 0 aliphatic carbocycles. The monoisotopic (exact) mass is 666 g/mol. The summed E-state index contributed by atoms with van der Waals surface area (Å²) in [6.45, 7) is 4.53. The smallest absolute Gasteiger partial charge is 0.332 e. The van der Waals surface area contributed by atoms with Crippen LogP contribution in [-0.2, 0) is 33.9 Å². The first-order valence-electron chi connectivity index (χ1n) is 15.5. The van der Waals surface area contributed by atoms with E-state index in [0.717, 1.165) is 26.9 Å². The number of hydrazine groups is 1. The van der Waals surface area contributed by atoms with Gasteiger partial charge in [-0.1, -0.05) is 65.9 Å². The summed E-state index contributed by atoms with van der Waals surface area (Å²) < 4.78 is 6.43. The van der Waals surface area contributed by atoms with Crippen LogP contribution >= 0.6 is 11.3 Å². The number of carbonyl (C=O) groups is 4. The van der Waals surface area contributed by atoms with Crippen molar-refractivity contribution in [1.82, 2.24) is 30.1 Å². The normalized spacial score (nSPS) is 19.0. The predicted octanol–water partition coefficient (Wildman–Crippen LogP) is 2.95. The average Bonchev–Trinajstić information content (AvgIpc) is 3.63. The van der Waals surface area contributed by atoms with Crippen LogP contribution in [0.3, 0.4) is 0 Å². The molecule has 0 spiro atoms. The molecule has 7 rings (SSSR count). The SMILES string of the molecule is C=CCN(C(=O)NCc1ccccc1)N1CC(=O)N2[C@@H](Cc3ccc4c(c3)NC(=O)CO4)C(=O)N(Cc3cccc4sc(N)nc34)C[C@@H]21. The highest BCUT2D eigenvalue weighted by Gasteiger charge is 2.52. The van der Waals surface area contributed by atoms with Crippen molar-refractivity contribution < 1.29 is 23.9 Å². The molecule has 4 N–H and O–H groups in total. The molecule has 2 atom stereocenters. The van der Waals surface area contributed by atoms with Gasteiger partial charge in [0.15, 0.2) is 11.7 Å². The molecule has 1 aromatic heterocycles. The zero-order valence-corrected chi connectivity index (χ0v) is 26.8. The second-order valence-electron chi connectivity index (χ2n) is 11.8. The molecule has 0 unspecified atom stereocenters. The number of para-hydroxylation sites is 1. The maximum Gasteiger partial charge on any atom is 0.332 e. The lowest BCUT2D eigenvalue weighted by molar-refractivity contribution is -0.157. The number of nitrogens with one attached hydrogen (secondary N) is 2. The molecule has 2 saturated heterocycles. The summed E-state index contributed by atoms with van der Waals surface area (Å²) in [5, 5.41) is 9.41. The number of aromatic nitrogens is 1. The van der Waals surface area contributed by atoms with E-state index in [1.807, 2.05) is 54.6 Å². The Balaban J connectivity index is 1.21. The summed E-state index contributed by atoms with van der Waals surface area (Å²) in [7, 11) is 0. The number of benzene rings is 3. The molecule has 48 heavy (non-hydrogen) atoms.